The summed E-state index contributed by atoms with van der Waals surface area (Å²) >= 11 is 0. The van der Waals surface area contributed by atoms with Gasteiger partial charge in [0.05, 0.1) is 6.07 Å². The van der Waals surface area contributed by atoms with Crippen LogP contribution in [0.1, 0.15) is 0 Å². The van der Waals surface area contributed by atoms with Crippen molar-refractivity contribution < 1.29 is 13.0 Å². The Morgan fingerprint density at radius 2 is 1.11 bits per heavy atom. The first-order valence-electron chi connectivity index (χ1n) is 8.39. The summed E-state index contributed by atoms with van der Waals surface area (Å²) in [7, 11) is -6.99. The van der Waals surface area contributed by atoms with Gasteiger partial charge in [-0.15, -0.1) is 0 Å². The van der Waals surface area contributed by atoms with E-state index < -0.39 is 22.6 Å². The maximum absolute atomic E-state index is 11.9. The zero-order valence-electron chi connectivity index (χ0n) is 14.5. The van der Waals surface area contributed by atoms with Crippen LogP contribution in [0.4, 0.5) is 0 Å². The van der Waals surface area contributed by atoms with E-state index in [0.717, 1.165) is 15.9 Å². The minimum absolute atomic E-state index is 0.0143. The molecule has 0 amide bonds. The molecule has 0 heterocycles. The number of nitrogens with zero attached hydrogens (tertiary/aromatic N) is 1. The molecule has 1 atom stereocenters. The summed E-state index contributed by atoms with van der Waals surface area (Å²) in [6, 6.07) is 30.7. The van der Waals surface area contributed by atoms with Crippen LogP contribution in [0.3, 0.4) is 0 Å². The molecule has 136 valence electrons. The molecule has 1 N–H and O–H groups in total. The van der Waals surface area contributed by atoms with E-state index in [2.05, 4.69) is 0 Å². The summed E-state index contributed by atoms with van der Waals surface area (Å²) in [5, 5.41) is 10.9. The van der Waals surface area contributed by atoms with E-state index in [4.69, 9.17) is 0 Å². The average molecular weight is 396 g/mol. The van der Waals surface area contributed by atoms with Crippen LogP contribution < -0.4 is 15.9 Å². The van der Waals surface area contributed by atoms with Crippen molar-refractivity contribution in [3.63, 3.8) is 0 Å². The molecule has 0 radical (unpaired) electrons. The second kappa shape index (κ2) is 8.02. The van der Waals surface area contributed by atoms with Gasteiger partial charge in [-0.2, -0.15) is 13.7 Å². The lowest BCUT2D eigenvalue weighted by molar-refractivity contribution is 0.479. The lowest BCUT2D eigenvalue weighted by Gasteiger charge is -2.28. The summed E-state index contributed by atoms with van der Waals surface area (Å²) in [5.74, 6) is 0. The van der Waals surface area contributed by atoms with Crippen molar-refractivity contribution in [2.45, 2.75) is 5.25 Å². The topological polar surface area (TPSA) is 78.2 Å². The fraction of sp³-hybridized carbons (Fsp3) is 0.0952. The number of hydrogen-bond donors (Lipinski definition) is 1. The predicted molar refractivity (Wildman–Crippen MR) is 111 cm³/mol. The third-order valence-corrected chi connectivity index (χ3v) is 10.2. The van der Waals surface area contributed by atoms with Crippen LogP contribution in [0.15, 0.2) is 91.0 Å². The van der Waals surface area contributed by atoms with Gasteiger partial charge in [-0.05, 0) is 36.4 Å². The summed E-state index contributed by atoms with van der Waals surface area (Å²) in [6.45, 7) is 0. The van der Waals surface area contributed by atoms with Crippen molar-refractivity contribution in [2.75, 3.05) is 6.16 Å². The van der Waals surface area contributed by atoms with Gasteiger partial charge in [0, 0.05) is 0 Å². The van der Waals surface area contributed by atoms with E-state index in [9.17, 15) is 18.2 Å². The first kappa shape index (κ1) is 19.3. The fourth-order valence-corrected chi connectivity index (χ4v) is 8.97. The molecule has 1 unspecified atom stereocenters. The smallest absolute Gasteiger partial charge is 0.284 e. The van der Waals surface area contributed by atoms with Gasteiger partial charge in [-0.25, -0.2) is 0 Å². The maximum atomic E-state index is 11.9. The molecule has 3 aromatic carbocycles. The van der Waals surface area contributed by atoms with Crippen molar-refractivity contribution in [2.24, 2.45) is 0 Å². The van der Waals surface area contributed by atoms with Crippen molar-refractivity contribution in [3.05, 3.63) is 91.0 Å². The van der Waals surface area contributed by atoms with Gasteiger partial charge in [0.15, 0.2) is 0 Å². The molecule has 0 spiro atoms. The lowest BCUT2D eigenvalue weighted by atomic mass is 10.4. The molecule has 0 aliphatic carbocycles. The van der Waals surface area contributed by atoms with Gasteiger partial charge in [0.1, 0.15) is 29.3 Å². The molecule has 0 aromatic heterocycles. The standard InChI is InChI=1S/C21H18NO3PS/c22-16-21(27(23,24)25)17-26(18-10-4-1-5-11-18,19-12-6-2-7-13-19)20-14-8-3-9-15-20/h1-15,21H,17H2/p+1. The Bertz CT molecular complexity index is 936. The third kappa shape index (κ3) is 3.94. The van der Waals surface area contributed by atoms with Gasteiger partial charge in [0.25, 0.3) is 10.1 Å². The van der Waals surface area contributed by atoms with Crippen LogP contribution in [0.25, 0.3) is 0 Å². The zero-order valence-corrected chi connectivity index (χ0v) is 16.2. The van der Waals surface area contributed by atoms with Crippen molar-refractivity contribution in [3.8, 4) is 6.07 Å². The number of nitriles is 1. The normalized spacial score (nSPS) is 12.9. The highest BCUT2D eigenvalue weighted by molar-refractivity contribution is 7.97. The second-order valence-corrected chi connectivity index (χ2v) is 11.3. The SMILES string of the molecule is N#CC(C[P+](c1ccccc1)(c1ccccc1)c1ccccc1)S(=O)(=O)O. The molecule has 27 heavy (non-hydrogen) atoms. The Morgan fingerprint density at radius 1 is 0.778 bits per heavy atom. The molecule has 0 aliphatic rings. The molecule has 6 heteroatoms. The average Bonchev–Trinajstić information content (AvgIpc) is 2.70. The van der Waals surface area contributed by atoms with Gasteiger partial charge in [-0.3, -0.25) is 4.55 Å². The van der Waals surface area contributed by atoms with Crippen LogP contribution in [0, 0.1) is 11.3 Å². The molecular weight excluding hydrogens is 377 g/mol. The fourth-order valence-electron chi connectivity index (χ4n) is 3.26. The van der Waals surface area contributed by atoms with E-state index in [0.29, 0.717) is 0 Å². The van der Waals surface area contributed by atoms with Crippen molar-refractivity contribution in [1.82, 2.24) is 0 Å². The summed E-state index contributed by atoms with van der Waals surface area (Å²) < 4.78 is 33.4. The molecule has 0 aliphatic heterocycles. The number of hydrogen-bond acceptors (Lipinski definition) is 3. The third-order valence-electron chi connectivity index (χ3n) is 4.53. The molecule has 3 aromatic rings. The highest BCUT2D eigenvalue weighted by atomic mass is 32.2. The van der Waals surface area contributed by atoms with Gasteiger partial charge in [0.2, 0.25) is 5.25 Å². The Labute approximate surface area is 160 Å². The molecule has 0 saturated carbocycles. The summed E-state index contributed by atoms with van der Waals surface area (Å²) in [6.07, 6.45) is 0.0143. The molecule has 0 saturated heterocycles. The van der Waals surface area contributed by atoms with E-state index in [-0.39, 0.29) is 6.16 Å². The van der Waals surface area contributed by atoms with Crippen molar-refractivity contribution in [1.29, 1.82) is 5.26 Å². The Hall–Kier alpha value is -2.51. The Kier molecular flexibility index (Phi) is 5.72. The molecule has 0 fully saturated rings. The largest absolute Gasteiger partial charge is 0.285 e. The minimum atomic E-state index is -4.51. The monoisotopic (exact) mass is 396 g/mol. The first-order chi connectivity index (χ1) is 13.0. The van der Waals surface area contributed by atoms with Crippen LogP contribution >= 0.6 is 7.26 Å². The van der Waals surface area contributed by atoms with E-state index in [1.54, 1.807) is 6.07 Å². The Balaban J connectivity index is 2.35. The van der Waals surface area contributed by atoms with Crippen molar-refractivity contribution >= 4 is 33.3 Å². The van der Waals surface area contributed by atoms with Crippen LogP contribution in [-0.4, -0.2) is 24.4 Å². The van der Waals surface area contributed by atoms with Crippen LogP contribution in [-0.2, 0) is 10.1 Å². The van der Waals surface area contributed by atoms with E-state index in [1.807, 2.05) is 91.0 Å². The maximum Gasteiger partial charge on any atom is 0.285 e. The highest BCUT2D eigenvalue weighted by Crippen LogP contribution is 2.56. The summed E-state index contributed by atoms with van der Waals surface area (Å²) in [4.78, 5) is 0. The lowest BCUT2D eigenvalue weighted by Crippen LogP contribution is -2.38. The highest BCUT2D eigenvalue weighted by Gasteiger charge is 2.49. The molecular formula is C21H19NO3PS+. The zero-order chi connectivity index (χ0) is 19.3. The second-order valence-electron chi connectivity index (χ2n) is 6.13. The van der Waals surface area contributed by atoms with Crippen LogP contribution in [0.5, 0.6) is 0 Å². The Morgan fingerprint density at radius 3 is 1.37 bits per heavy atom. The number of benzene rings is 3. The molecule has 0 bridgehead atoms. The van der Waals surface area contributed by atoms with Gasteiger partial charge < -0.3 is 0 Å². The molecule has 3 rings (SSSR count). The predicted octanol–water partition coefficient (Wildman–Crippen LogP) is 2.76. The minimum Gasteiger partial charge on any atom is -0.284 e. The van der Waals surface area contributed by atoms with Gasteiger partial charge in [-0.1, -0.05) is 54.6 Å². The summed E-state index contributed by atoms with van der Waals surface area (Å²) in [5.41, 5.74) is 0. The number of rotatable bonds is 6. The van der Waals surface area contributed by atoms with E-state index in [1.165, 1.54) is 0 Å². The first-order valence-corrected chi connectivity index (χ1v) is 11.9. The molecule has 4 nitrogen and oxygen atoms in total. The van der Waals surface area contributed by atoms with Crippen LogP contribution in [0.2, 0.25) is 0 Å². The quantitative estimate of drug-likeness (QED) is 0.513. The van der Waals surface area contributed by atoms with Gasteiger partial charge >= 0.3 is 0 Å². The van der Waals surface area contributed by atoms with E-state index >= 15 is 0 Å².